The van der Waals surface area contributed by atoms with Crippen LogP contribution >= 0.6 is 0 Å². The fraction of sp³-hybridized carbons (Fsp3) is 0. The first-order valence-electron chi connectivity index (χ1n) is 6.06. The van der Waals surface area contributed by atoms with E-state index in [0.29, 0.717) is 26.6 Å². The van der Waals surface area contributed by atoms with Crippen molar-refractivity contribution >= 4 is 28.2 Å². The van der Waals surface area contributed by atoms with Gasteiger partial charge in [0.15, 0.2) is 5.84 Å². The van der Waals surface area contributed by atoms with Crippen molar-refractivity contribution in [3.8, 4) is 0 Å². The molecule has 0 saturated carbocycles. The topological polar surface area (TPSA) is 105 Å². The van der Waals surface area contributed by atoms with E-state index in [4.69, 9.17) is 10.9 Å². The van der Waals surface area contributed by atoms with Gasteiger partial charge >= 0.3 is 0 Å². The molecule has 106 valence electrons. The summed E-state index contributed by atoms with van der Waals surface area (Å²) in [5.74, 6) is -0.395. The van der Waals surface area contributed by atoms with E-state index < -0.39 is 10.8 Å². The molecule has 1 heterocycles. The van der Waals surface area contributed by atoms with Crippen LogP contribution in [0.1, 0.15) is 15.9 Å². The predicted molar refractivity (Wildman–Crippen MR) is 78.0 cm³/mol. The normalized spacial score (nSPS) is 17.4. The molecule has 1 amide bonds. The van der Waals surface area contributed by atoms with Crippen molar-refractivity contribution < 1.29 is 14.2 Å². The second-order valence-corrected chi connectivity index (χ2v) is 5.83. The molecule has 1 unspecified atom stereocenters. The Kier molecular flexibility index (Phi) is 3.19. The first-order valence-corrected chi connectivity index (χ1v) is 7.21. The molecule has 1 aliphatic rings. The number of carbonyl (C=O) groups is 1. The summed E-state index contributed by atoms with van der Waals surface area (Å²) in [5.41, 5.74) is 6.80. The Bertz CT molecular complexity index is 802. The lowest BCUT2D eigenvalue weighted by molar-refractivity contribution is 0.102. The minimum Gasteiger partial charge on any atom is -0.409 e. The highest BCUT2D eigenvalue weighted by atomic mass is 32.2. The molecule has 0 saturated heterocycles. The summed E-state index contributed by atoms with van der Waals surface area (Å²) in [5, 5.41) is 14.4. The summed E-state index contributed by atoms with van der Waals surface area (Å²) in [7, 11) is -1.53. The van der Waals surface area contributed by atoms with Crippen molar-refractivity contribution in [3.05, 3.63) is 53.6 Å². The number of fused-ring (bicyclic) bond motifs is 2. The van der Waals surface area contributed by atoms with E-state index in [1.165, 1.54) is 0 Å². The van der Waals surface area contributed by atoms with E-state index >= 15 is 0 Å². The molecule has 0 radical (unpaired) electrons. The molecule has 2 aromatic rings. The zero-order chi connectivity index (χ0) is 15.0. The van der Waals surface area contributed by atoms with Gasteiger partial charge in [-0.3, -0.25) is 4.79 Å². The average Bonchev–Trinajstić information content (AvgIpc) is 2.63. The number of amidine groups is 1. The zero-order valence-corrected chi connectivity index (χ0v) is 11.6. The van der Waals surface area contributed by atoms with Gasteiger partial charge in [0, 0.05) is 5.56 Å². The fourth-order valence-electron chi connectivity index (χ4n) is 2.12. The summed E-state index contributed by atoms with van der Waals surface area (Å²) in [6, 6.07) is 11.4. The lowest BCUT2D eigenvalue weighted by Gasteiger charge is -2.08. The number of oxime groups is 1. The largest absolute Gasteiger partial charge is 0.409 e. The van der Waals surface area contributed by atoms with Crippen molar-refractivity contribution in [3.63, 3.8) is 0 Å². The number of anilines is 1. The number of nitrogens with two attached hydrogens (primary N) is 1. The number of rotatable bonds is 1. The summed E-state index contributed by atoms with van der Waals surface area (Å²) in [4.78, 5) is 13.0. The minimum absolute atomic E-state index is 0.0846. The molecular weight excluding hydrogens is 290 g/mol. The third kappa shape index (κ3) is 2.17. The number of carbonyl (C=O) groups excluding carboxylic acids is 1. The molecule has 6 nitrogen and oxygen atoms in total. The quantitative estimate of drug-likeness (QED) is 0.321. The molecule has 0 spiro atoms. The Morgan fingerprint density at radius 3 is 2.71 bits per heavy atom. The Morgan fingerprint density at radius 2 is 1.95 bits per heavy atom. The van der Waals surface area contributed by atoms with Gasteiger partial charge in [-0.25, -0.2) is 4.21 Å². The van der Waals surface area contributed by atoms with E-state index in [1.54, 1.807) is 42.5 Å². The molecule has 1 atom stereocenters. The maximum Gasteiger partial charge on any atom is 0.256 e. The second kappa shape index (κ2) is 5.02. The van der Waals surface area contributed by atoms with Crippen LogP contribution in [0.25, 0.3) is 0 Å². The molecule has 4 N–H and O–H groups in total. The molecule has 0 aromatic heterocycles. The molecule has 0 bridgehead atoms. The summed E-state index contributed by atoms with van der Waals surface area (Å²) in [6.07, 6.45) is 0. The fourth-order valence-corrected chi connectivity index (χ4v) is 3.47. The van der Waals surface area contributed by atoms with Gasteiger partial charge < -0.3 is 16.3 Å². The second-order valence-electron chi connectivity index (χ2n) is 4.42. The highest BCUT2D eigenvalue weighted by Gasteiger charge is 2.24. The first-order chi connectivity index (χ1) is 10.1. The van der Waals surface area contributed by atoms with Crippen LogP contribution in [0.5, 0.6) is 0 Å². The summed E-state index contributed by atoms with van der Waals surface area (Å²) in [6.45, 7) is 0. The molecule has 0 aliphatic carbocycles. The monoisotopic (exact) mass is 301 g/mol. The van der Waals surface area contributed by atoms with Gasteiger partial charge in [-0.05, 0) is 30.3 Å². The van der Waals surface area contributed by atoms with E-state index in [2.05, 4.69) is 10.5 Å². The Balaban J connectivity index is 2.22. The molecule has 1 aliphatic heterocycles. The van der Waals surface area contributed by atoms with Crippen LogP contribution in [-0.2, 0) is 10.8 Å². The van der Waals surface area contributed by atoms with Gasteiger partial charge in [0.05, 0.1) is 31.8 Å². The molecular formula is C14H11N3O3S. The molecule has 21 heavy (non-hydrogen) atoms. The van der Waals surface area contributed by atoms with Crippen LogP contribution in [0.3, 0.4) is 0 Å². The Morgan fingerprint density at radius 1 is 1.19 bits per heavy atom. The zero-order valence-electron chi connectivity index (χ0n) is 10.7. The van der Waals surface area contributed by atoms with Crippen LogP contribution in [0.4, 0.5) is 5.69 Å². The van der Waals surface area contributed by atoms with E-state index in [1.807, 2.05) is 0 Å². The molecule has 2 aromatic carbocycles. The number of hydrogen-bond donors (Lipinski definition) is 3. The van der Waals surface area contributed by atoms with E-state index in [0.717, 1.165) is 0 Å². The van der Waals surface area contributed by atoms with Gasteiger partial charge in [-0.1, -0.05) is 17.3 Å². The Labute approximate surface area is 122 Å². The smallest absolute Gasteiger partial charge is 0.256 e. The first kappa shape index (κ1) is 13.3. The standard InChI is InChI=1S/C14H11N3O3S/c15-13(17-19)8-5-6-10-12(7-8)21(20)11-4-2-1-3-9(11)14(18)16-10/h1-7,19H,(H2,15,17)(H,16,18). The van der Waals surface area contributed by atoms with Crippen molar-refractivity contribution in [2.45, 2.75) is 9.79 Å². The SMILES string of the molecule is N/C(=N\O)c1ccc2c(c1)S(=O)c1ccccc1C(=O)N2. The predicted octanol–water partition coefficient (Wildman–Crippen LogP) is 1.51. The van der Waals surface area contributed by atoms with E-state index in [9.17, 15) is 9.00 Å². The van der Waals surface area contributed by atoms with Crippen molar-refractivity contribution in [1.29, 1.82) is 0 Å². The van der Waals surface area contributed by atoms with Crippen LogP contribution in [0.15, 0.2) is 57.4 Å². The summed E-state index contributed by atoms with van der Waals surface area (Å²) < 4.78 is 12.7. The van der Waals surface area contributed by atoms with Crippen LogP contribution in [0, 0.1) is 0 Å². The lowest BCUT2D eigenvalue weighted by atomic mass is 10.1. The van der Waals surface area contributed by atoms with Crippen LogP contribution in [-0.4, -0.2) is 21.2 Å². The minimum atomic E-state index is -1.53. The van der Waals surface area contributed by atoms with Crippen LogP contribution < -0.4 is 11.1 Å². The Hall–Kier alpha value is -2.67. The average molecular weight is 301 g/mol. The highest BCUT2D eigenvalue weighted by Crippen LogP contribution is 2.31. The van der Waals surface area contributed by atoms with Crippen molar-refractivity contribution in [1.82, 2.24) is 0 Å². The molecule has 3 rings (SSSR count). The van der Waals surface area contributed by atoms with Crippen molar-refractivity contribution in [2.75, 3.05) is 5.32 Å². The third-order valence-electron chi connectivity index (χ3n) is 3.16. The number of hydrogen-bond acceptors (Lipinski definition) is 4. The number of amides is 1. The van der Waals surface area contributed by atoms with Gasteiger partial charge in [-0.2, -0.15) is 0 Å². The van der Waals surface area contributed by atoms with E-state index in [-0.39, 0.29) is 11.7 Å². The summed E-state index contributed by atoms with van der Waals surface area (Å²) >= 11 is 0. The number of nitrogens with zero attached hydrogens (tertiary/aromatic N) is 1. The highest BCUT2D eigenvalue weighted by molar-refractivity contribution is 7.85. The van der Waals surface area contributed by atoms with Gasteiger partial charge in [0.1, 0.15) is 0 Å². The maximum absolute atomic E-state index is 12.7. The van der Waals surface area contributed by atoms with Gasteiger partial charge in [0.25, 0.3) is 5.91 Å². The number of benzene rings is 2. The lowest BCUT2D eigenvalue weighted by Crippen LogP contribution is -2.14. The molecule has 0 fully saturated rings. The number of nitrogens with one attached hydrogen (secondary N) is 1. The molecule has 7 heteroatoms. The van der Waals surface area contributed by atoms with Gasteiger partial charge in [0.2, 0.25) is 0 Å². The van der Waals surface area contributed by atoms with Crippen molar-refractivity contribution in [2.24, 2.45) is 10.9 Å². The van der Waals surface area contributed by atoms with Crippen LogP contribution in [0.2, 0.25) is 0 Å². The maximum atomic E-state index is 12.7. The van der Waals surface area contributed by atoms with Gasteiger partial charge in [-0.15, -0.1) is 0 Å². The third-order valence-corrected chi connectivity index (χ3v) is 4.66.